The number of aryl methyl sites for hydroxylation is 1. The molecule has 2 nitrogen and oxygen atoms in total. The minimum atomic E-state index is -0.193. The Hall–Kier alpha value is -2.16. The predicted octanol–water partition coefficient (Wildman–Crippen LogP) is 3.84. The van der Waals surface area contributed by atoms with E-state index in [1.165, 1.54) is 17.3 Å². The molecule has 96 valence electrons. The van der Waals surface area contributed by atoms with Crippen molar-refractivity contribution in [1.29, 1.82) is 0 Å². The third-order valence-corrected chi connectivity index (χ3v) is 3.61. The molecule has 0 unspecified atom stereocenters. The van der Waals surface area contributed by atoms with Gasteiger partial charge in [-0.1, -0.05) is 12.1 Å². The molecule has 0 saturated carbocycles. The van der Waals surface area contributed by atoms with Crippen molar-refractivity contribution >= 4 is 11.0 Å². The molecule has 0 N–H and O–H groups in total. The summed E-state index contributed by atoms with van der Waals surface area (Å²) in [5.74, 6) is -0.193. The maximum Gasteiger partial charge on any atom is 0.123 e. The number of hydrogen-bond acceptors (Lipinski definition) is 1. The zero-order valence-corrected chi connectivity index (χ0v) is 11.0. The highest BCUT2D eigenvalue weighted by Crippen LogP contribution is 2.24. The van der Waals surface area contributed by atoms with Crippen LogP contribution < -0.4 is 0 Å². The van der Waals surface area contributed by atoms with Gasteiger partial charge in [0.05, 0.1) is 11.0 Å². The molecule has 3 heteroatoms. The van der Waals surface area contributed by atoms with Gasteiger partial charge in [0.15, 0.2) is 0 Å². The van der Waals surface area contributed by atoms with E-state index in [4.69, 9.17) is 0 Å². The molecule has 0 atom stereocenters. The molecule has 0 radical (unpaired) electrons. The Balaban J connectivity index is 2.13. The summed E-state index contributed by atoms with van der Waals surface area (Å²) in [6.07, 6.45) is 1.81. The molecule has 0 aliphatic carbocycles. The Morgan fingerprint density at radius 2 is 2.00 bits per heavy atom. The van der Waals surface area contributed by atoms with E-state index in [-0.39, 0.29) is 5.82 Å². The number of hydrogen-bond donors (Lipinski definition) is 0. The Labute approximate surface area is 111 Å². The second kappa shape index (κ2) is 4.50. The lowest BCUT2D eigenvalue weighted by Gasteiger charge is -2.08. The van der Waals surface area contributed by atoms with Gasteiger partial charge in [-0.15, -0.1) is 0 Å². The van der Waals surface area contributed by atoms with Crippen molar-refractivity contribution in [3.05, 3.63) is 65.2 Å². The van der Waals surface area contributed by atoms with Crippen molar-refractivity contribution in [2.75, 3.05) is 0 Å². The summed E-state index contributed by atoms with van der Waals surface area (Å²) in [5, 5.41) is 0. The van der Waals surface area contributed by atoms with E-state index in [9.17, 15) is 4.39 Å². The van der Waals surface area contributed by atoms with Crippen LogP contribution in [-0.4, -0.2) is 9.55 Å². The van der Waals surface area contributed by atoms with E-state index in [0.29, 0.717) is 6.54 Å². The zero-order chi connectivity index (χ0) is 13.4. The Morgan fingerprint density at radius 3 is 2.79 bits per heavy atom. The second-order valence-corrected chi connectivity index (χ2v) is 4.80. The largest absolute Gasteiger partial charge is 0.339 e. The lowest BCUT2D eigenvalue weighted by atomic mass is 10.2. The van der Waals surface area contributed by atoms with Gasteiger partial charge in [0.2, 0.25) is 0 Å². The van der Waals surface area contributed by atoms with E-state index in [1.54, 1.807) is 18.3 Å². The van der Waals surface area contributed by atoms with Gasteiger partial charge in [-0.25, -0.2) is 4.39 Å². The van der Waals surface area contributed by atoms with Gasteiger partial charge in [0.1, 0.15) is 5.82 Å². The first-order valence-corrected chi connectivity index (χ1v) is 6.31. The molecule has 0 spiro atoms. The number of benzene rings is 1. The van der Waals surface area contributed by atoms with E-state index in [0.717, 1.165) is 16.6 Å². The fourth-order valence-corrected chi connectivity index (χ4v) is 2.48. The van der Waals surface area contributed by atoms with Crippen molar-refractivity contribution in [2.45, 2.75) is 20.4 Å². The molecule has 3 rings (SSSR count). The highest BCUT2D eigenvalue weighted by Gasteiger charge is 2.11. The van der Waals surface area contributed by atoms with E-state index >= 15 is 0 Å². The molecule has 3 aromatic rings. The number of fused-ring (bicyclic) bond motifs is 1. The number of pyridine rings is 1. The molecule has 19 heavy (non-hydrogen) atoms. The number of rotatable bonds is 2. The summed E-state index contributed by atoms with van der Waals surface area (Å²) in [7, 11) is 0. The molecule has 0 aliphatic heterocycles. The SMILES string of the molecule is Cc1c(C)n(Cc2cccc(F)c2)c2cccnc12. The minimum Gasteiger partial charge on any atom is -0.339 e. The van der Waals surface area contributed by atoms with Gasteiger partial charge in [-0.2, -0.15) is 0 Å². The first-order valence-electron chi connectivity index (χ1n) is 6.31. The van der Waals surface area contributed by atoms with Gasteiger partial charge < -0.3 is 4.57 Å². The van der Waals surface area contributed by atoms with E-state index in [1.807, 2.05) is 12.1 Å². The molecular weight excluding hydrogens is 239 g/mol. The number of aromatic nitrogens is 2. The van der Waals surface area contributed by atoms with Crippen molar-refractivity contribution in [3.8, 4) is 0 Å². The van der Waals surface area contributed by atoms with Gasteiger partial charge >= 0.3 is 0 Å². The molecule has 0 saturated heterocycles. The fourth-order valence-electron chi connectivity index (χ4n) is 2.48. The first-order chi connectivity index (χ1) is 9.16. The van der Waals surface area contributed by atoms with Gasteiger partial charge in [-0.05, 0) is 49.2 Å². The Bertz CT molecular complexity index is 744. The topological polar surface area (TPSA) is 17.8 Å². The number of nitrogens with zero attached hydrogens (tertiary/aromatic N) is 2. The maximum atomic E-state index is 13.3. The molecule has 2 aromatic heterocycles. The molecule has 1 aromatic carbocycles. The minimum absolute atomic E-state index is 0.193. The average Bonchev–Trinajstić information content (AvgIpc) is 2.65. The Kier molecular flexibility index (Phi) is 2.82. The van der Waals surface area contributed by atoms with Crippen molar-refractivity contribution in [3.63, 3.8) is 0 Å². The summed E-state index contributed by atoms with van der Waals surface area (Å²) >= 11 is 0. The second-order valence-electron chi connectivity index (χ2n) is 4.80. The molecule has 0 aliphatic rings. The van der Waals surface area contributed by atoms with Crippen LogP contribution in [-0.2, 0) is 6.54 Å². The van der Waals surface area contributed by atoms with Crippen LogP contribution in [0.25, 0.3) is 11.0 Å². The highest BCUT2D eigenvalue weighted by atomic mass is 19.1. The lowest BCUT2D eigenvalue weighted by molar-refractivity contribution is 0.623. The normalized spacial score (nSPS) is 11.1. The van der Waals surface area contributed by atoms with Crippen LogP contribution in [0, 0.1) is 19.7 Å². The van der Waals surface area contributed by atoms with Gasteiger partial charge in [0, 0.05) is 18.4 Å². The summed E-state index contributed by atoms with van der Waals surface area (Å²) in [5.41, 5.74) is 5.45. The summed E-state index contributed by atoms with van der Waals surface area (Å²) in [6.45, 7) is 4.82. The highest BCUT2D eigenvalue weighted by molar-refractivity contribution is 5.81. The third-order valence-electron chi connectivity index (χ3n) is 3.61. The van der Waals surface area contributed by atoms with E-state index in [2.05, 4.69) is 29.5 Å². The predicted molar refractivity (Wildman–Crippen MR) is 74.7 cm³/mol. The zero-order valence-electron chi connectivity index (χ0n) is 11.0. The first kappa shape index (κ1) is 11.9. The van der Waals surface area contributed by atoms with E-state index < -0.39 is 0 Å². The van der Waals surface area contributed by atoms with Crippen LogP contribution in [0.2, 0.25) is 0 Å². The van der Waals surface area contributed by atoms with Gasteiger partial charge in [-0.3, -0.25) is 4.98 Å². The number of halogens is 1. The standard InChI is InChI=1S/C16H15FN2/c1-11-12(2)19(15-7-4-8-18-16(11)15)10-13-5-3-6-14(17)9-13/h3-9H,10H2,1-2H3. The summed E-state index contributed by atoms with van der Waals surface area (Å²) in [6, 6.07) is 10.7. The van der Waals surface area contributed by atoms with Crippen LogP contribution >= 0.6 is 0 Å². The lowest BCUT2D eigenvalue weighted by Crippen LogP contribution is -2.02. The summed E-state index contributed by atoms with van der Waals surface area (Å²) in [4.78, 5) is 4.43. The summed E-state index contributed by atoms with van der Waals surface area (Å²) < 4.78 is 15.5. The van der Waals surface area contributed by atoms with Crippen LogP contribution in [0.5, 0.6) is 0 Å². The van der Waals surface area contributed by atoms with Crippen LogP contribution in [0.4, 0.5) is 4.39 Å². The quantitative estimate of drug-likeness (QED) is 0.679. The average molecular weight is 254 g/mol. The maximum absolute atomic E-state index is 13.3. The molecule has 0 fully saturated rings. The van der Waals surface area contributed by atoms with Crippen LogP contribution in [0.1, 0.15) is 16.8 Å². The molecule has 2 heterocycles. The van der Waals surface area contributed by atoms with Crippen molar-refractivity contribution < 1.29 is 4.39 Å². The van der Waals surface area contributed by atoms with Crippen molar-refractivity contribution in [2.24, 2.45) is 0 Å². The fraction of sp³-hybridized carbons (Fsp3) is 0.188. The van der Waals surface area contributed by atoms with Crippen LogP contribution in [0.3, 0.4) is 0 Å². The smallest absolute Gasteiger partial charge is 0.123 e. The monoisotopic (exact) mass is 254 g/mol. The van der Waals surface area contributed by atoms with Crippen molar-refractivity contribution in [1.82, 2.24) is 9.55 Å². The molecular formula is C16H15FN2. The van der Waals surface area contributed by atoms with Gasteiger partial charge in [0.25, 0.3) is 0 Å². The molecule has 0 amide bonds. The van der Waals surface area contributed by atoms with Crippen LogP contribution in [0.15, 0.2) is 42.6 Å². The Morgan fingerprint density at radius 1 is 1.16 bits per heavy atom. The molecule has 0 bridgehead atoms. The third kappa shape index (κ3) is 2.01.